The van der Waals surface area contributed by atoms with Gasteiger partial charge >= 0.3 is 0 Å². The molecule has 0 unspecified atom stereocenters. The highest BCUT2D eigenvalue weighted by Gasteiger charge is 2.03. The summed E-state index contributed by atoms with van der Waals surface area (Å²) in [6.45, 7) is 0.426. The van der Waals surface area contributed by atoms with E-state index in [0.29, 0.717) is 12.4 Å². The van der Waals surface area contributed by atoms with Crippen molar-refractivity contribution in [1.29, 1.82) is 0 Å². The molecule has 72 valence electrons. The van der Waals surface area contributed by atoms with Crippen LogP contribution in [0.1, 0.15) is 5.69 Å². The second-order valence-corrected chi connectivity index (χ2v) is 2.98. The summed E-state index contributed by atoms with van der Waals surface area (Å²) in [7, 11) is 1.86. The van der Waals surface area contributed by atoms with Crippen molar-refractivity contribution >= 4 is 0 Å². The summed E-state index contributed by atoms with van der Waals surface area (Å²) in [5.41, 5.74) is 7.23. The molecule has 5 nitrogen and oxygen atoms in total. The molecular weight excluding hydrogens is 178 g/mol. The summed E-state index contributed by atoms with van der Waals surface area (Å²) in [5, 5.41) is 4.05. The summed E-state index contributed by atoms with van der Waals surface area (Å²) in [6, 6.07) is 1.81. The van der Waals surface area contributed by atoms with Gasteiger partial charge in [0.1, 0.15) is 0 Å². The maximum Gasteiger partial charge on any atom is 0.162 e. The molecule has 0 aliphatic carbocycles. The first kappa shape index (κ1) is 8.83. The van der Waals surface area contributed by atoms with E-state index in [1.165, 1.54) is 0 Å². The van der Waals surface area contributed by atoms with Crippen molar-refractivity contribution in [3.05, 3.63) is 30.4 Å². The third kappa shape index (κ3) is 1.62. The minimum Gasteiger partial charge on any atom is -0.325 e. The lowest BCUT2D eigenvalue weighted by Crippen LogP contribution is -2.01. The van der Waals surface area contributed by atoms with Crippen LogP contribution in [0, 0.1) is 0 Å². The maximum absolute atomic E-state index is 5.49. The third-order valence-corrected chi connectivity index (χ3v) is 1.89. The first-order valence-electron chi connectivity index (χ1n) is 4.30. The van der Waals surface area contributed by atoms with Gasteiger partial charge in [-0.3, -0.25) is 4.68 Å². The predicted octanol–water partition coefficient (Wildman–Crippen LogP) is 0.336. The van der Waals surface area contributed by atoms with Crippen LogP contribution in [-0.4, -0.2) is 19.7 Å². The lowest BCUT2D eigenvalue weighted by Gasteiger charge is -1.98. The van der Waals surface area contributed by atoms with Crippen molar-refractivity contribution in [2.24, 2.45) is 12.8 Å². The fourth-order valence-corrected chi connectivity index (χ4v) is 1.19. The summed E-state index contributed by atoms with van der Waals surface area (Å²) < 4.78 is 1.72. The fourth-order valence-electron chi connectivity index (χ4n) is 1.19. The van der Waals surface area contributed by atoms with E-state index in [-0.39, 0.29) is 0 Å². The van der Waals surface area contributed by atoms with Gasteiger partial charge in [0.25, 0.3) is 0 Å². The van der Waals surface area contributed by atoms with Gasteiger partial charge in [-0.15, -0.1) is 0 Å². The molecule has 0 aromatic carbocycles. The van der Waals surface area contributed by atoms with Gasteiger partial charge in [-0.25, -0.2) is 9.97 Å². The lowest BCUT2D eigenvalue weighted by molar-refractivity contribution is 0.768. The van der Waals surface area contributed by atoms with E-state index < -0.39 is 0 Å². The maximum atomic E-state index is 5.49. The number of nitrogens with two attached hydrogens (primary N) is 1. The molecule has 0 atom stereocenters. The Kier molecular flexibility index (Phi) is 2.24. The summed E-state index contributed by atoms with van der Waals surface area (Å²) in [4.78, 5) is 8.44. The molecule has 2 N–H and O–H groups in total. The number of nitrogens with zero attached hydrogens (tertiary/aromatic N) is 4. The van der Waals surface area contributed by atoms with Gasteiger partial charge in [-0.1, -0.05) is 0 Å². The summed E-state index contributed by atoms with van der Waals surface area (Å²) >= 11 is 0. The molecule has 0 aliphatic rings. The Morgan fingerprint density at radius 3 is 3.00 bits per heavy atom. The highest BCUT2D eigenvalue weighted by atomic mass is 15.2. The Labute approximate surface area is 81.6 Å². The van der Waals surface area contributed by atoms with Crippen LogP contribution in [0.4, 0.5) is 0 Å². The van der Waals surface area contributed by atoms with Crippen LogP contribution in [0.5, 0.6) is 0 Å². The largest absolute Gasteiger partial charge is 0.325 e. The minimum atomic E-state index is 0.426. The quantitative estimate of drug-likeness (QED) is 0.739. The Bertz CT molecular complexity index is 434. The molecule has 0 amide bonds. The zero-order valence-corrected chi connectivity index (χ0v) is 7.88. The Hall–Kier alpha value is -1.75. The molecule has 2 rings (SSSR count). The van der Waals surface area contributed by atoms with Crippen molar-refractivity contribution in [3.8, 4) is 11.4 Å². The summed E-state index contributed by atoms with van der Waals surface area (Å²) in [5.74, 6) is 0.668. The van der Waals surface area contributed by atoms with E-state index in [0.717, 1.165) is 11.3 Å². The van der Waals surface area contributed by atoms with Gasteiger partial charge in [0, 0.05) is 26.0 Å². The van der Waals surface area contributed by atoms with E-state index in [4.69, 9.17) is 5.73 Å². The van der Waals surface area contributed by atoms with Gasteiger partial charge < -0.3 is 5.73 Å². The third-order valence-electron chi connectivity index (χ3n) is 1.89. The zero-order valence-electron chi connectivity index (χ0n) is 7.88. The smallest absolute Gasteiger partial charge is 0.162 e. The highest BCUT2D eigenvalue weighted by Crippen LogP contribution is 2.12. The Morgan fingerprint density at radius 2 is 2.36 bits per heavy atom. The van der Waals surface area contributed by atoms with Gasteiger partial charge in [0.05, 0.1) is 17.5 Å². The van der Waals surface area contributed by atoms with Gasteiger partial charge in [0.15, 0.2) is 5.82 Å². The molecule has 2 aromatic heterocycles. The Morgan fingerprint density at radius 1 is 1.50 bits per heavy atom. The van der Waals surface area contributed by atoms with E-state index >= 15 is 0 Å². The van der Waals surface area contributed by atoms with Crippen molar-refractivity contribution in [2.75, 3.05) is 0 Å². The average Bonchev–Trinajstić information content (AvgIpc) is 2.65. The van der Waals surface area contributed by atoms with Gasteiger partial charge in [-0.05, 0) is 6.07 Å². The number of rotatable bonds is 2. The van der Waals surface area contributed by atoms with Crippen LogP contribution in [0.3, 0.4) is 0 Å². The Balaban J connectivity index is 2.41. The lowest BCUT2D eigenvalue weighted by atomic mass is 10.3. The van der Waals surface area contributed by atoms with E-state index in [9.17, 15) is 0 Å². The van der Waals surface area contributed by atoms with E-state index in [2.05, 4.69) is 15.1 Å². The normalized spacial score (nSPS) is 10.4. The highest BCUT2D eigenvalue weighted by molar-refractivity contribution is 5.51. The standard InChI is InChI=1S/C9H11N5/c1-14-6-7(5-12-14)9-11-3-2-8(4-10)13-9/h2-3,5-6H,4,10H2,1H3. The second kappa shape index (κ2) is 3.55. The molecule has 0 fully saturated rings. The first-order chi connectivity index (χ1) is 6.79. The number of hydrogen-bond acceptors (Lipinski definition) is 4. The molecular formula is C9H11N5. The molecule has 0 spiro atoms. The molecule has 0 saturated carbocycles. The molecule has 2 aromatic rings. The van der Waals surface area contributed by atoms with Crippen molar-refractivity contribution in [1.82, 2.24) is 19.7 Å². The monoisotopic (exact) mass is 189 g/mol. The molecule has 0 aliphatic heterocycles. The average molecular weight is 189 g/mol. The predicted molar refractivity (Wildman–Crippen MR) is 52.1 cm³/mol. The van der Waals surface area contributed by atoms with Crippen LogP contribution < -0.4 is 5.73 Å². The SMILES string of the molecule is Cn1cc(-c2nccc(CN)n2)cn1. The second-order valence-electron chi connectivity index (χ2n) is 2.98. The van der Waals surface area contributed by atoms with Crippen LogP contribution in [0.25, 0.3) is 11.4 Å². The molecule has 0 saturated heterocycles. The van der Waals surface area contributed by atoms with Crippen molar-refractivity contribution in [3.63, 3.8) is 0 Å². The van der Waals surface area contributed by atoms with Crippen molar-refractivity contribution < 1.29 is 0 Å². The number of aryl methyl sites for hydroxylation is 1. The van der Waals surface area contributed by atoms with Crippen LogP contribution in [-0.2, 0) is 13.6 Å². The zero-order chi connectivity index (χ0) is 9.97. The number of hydrogen-bond donors (Lipinski definition) is 1. The minimum absolute atomic E-state index is 0.426. The van der Waals surface area contributed by atoms with Crippen molar-refractivity contribution in [2.45, 2.75) is 6.54 Å². The van der Waals surface area contributed by atoms with Crippen LogP contribution in [0.15, 0.2) is 24.7 Å². The fraction of sp³-hybridized carbons (Fsp3) is 0.222. The molecule has 14 heavy (non-hydrogen) atoms. The van der Waals surface area contributed by atoms with E-state index in [1.807, 2.05) is 13.2 Å². The van der Waals surface area contributed by atoms with Gasteiger partial charge in [0.2, 0.25) is 0 Å². The number of aromatic nitrogens is 4. The molecule has 2 heterocycles. The first-order valence-corrected chi connectivity index (χ1v) is 4.30. The summed E-state index contributed by atoms with van der Waals surface area (Å²) in [6.07, 6.45) is 5.31. The molecule has 0 radical (unpaired) electrons. The topological polar surface area (TPSA) is 69.6 Å². The van der Waals surface area contributed by atoms with Crippen LogP contribution in [0.2, 0.25) is 0 Å². The molecule has 5 heteroatoms. The van der Waals surface area contributed by atoms with Gasteiger partial charge in [-0.2, -0.15) is 5.10 Å². The van der Waals surface area contributed by atoms with E-state index in [1.54, 1.807) is 23.1 Å². The van der Waals surface area contributed by atoms with Crippen LogP contribution >= 0.6 is 0 Å². The molecule has 0 bridgehead atoms.